The van der Waals surface area contributed by atoms with Gasteiger partial charge in [-0.05, 0) is 38.3 Å². The van der Waals surface area contributed by atoms with Crippen LogP contribution < -0.4 is 0 Å². The molecule has 0 spiro atoms. The van der Waals surface area contributed by atoms with Gasteiger partial charge in [0, 0.05) is 12.6 Å². The minimum absolute atomic E-state index is 0.207. The topological polar surface area (TPSA) is 50.5 Å². The smallest absolute Gasteiger partial charge is 0.233 e. The standard InChI is InChI=1S/C16H18N4OS2/c1-11-6-4-5-9-19(11)14(21)10-22-15-17-18-16-20(15)12-7-2-3-8-13(12)23-16/h2-3,7-8,11H,4-6,9-10H2,1H3. The molecule has 0 aliphatic carbocycles. The summed E-state index contributed by atoms with van der Waals surface area (Å²) in [6.45, 7) is 3.03. The van der Waals surface area contributed by atoms with Crippen molar-refractivity contribution in [3.63, 3.8) is 0 Å². The van der Waals surface area contributed by atoms with Gasteiger partial charge in [0.2, 0.25) is 10.9 Å². The molecule has 0 bridgehead atoms. The number of nitrogens with zero attached hydrogens (tertiary/aromatic N) is 4. The number of likely N-dealkylation sites (tertiary alicyclic amines) is 1. The van der Waals surface area contributed by atoms with Gasteiger partial charge in [0.05, 0.1) is 16.0 Å². The molecule has 0 saturated carbocycles. The lowest BCUT2D eigenvalue weighted by Crippen LogP contribution is -2.42. The highest BCUT2D eigenvalue weighted by Crippen LogP contribution is 2.29. The molecule has 5 nitrogen and oxygen atoms in total. The molecule has 4 rings (SSSR count). The quantitative estimate of drug-likeness (QED) is 0.682. The number of benzene rings is 1. The summed E-state index contributed by atoms with van der Waals surface area (Å²) in [5.41, 5.74) is 1.11. The molecule has 2 aromatic heterocycles. The number of para-hydroxylation sites is 1. The van der Waals surface area contributed by atoms with Gasteiger partial charge >= 0.3 is 0 Å². The number of piperidine rings is 1. The van der Waals surface area contributed by atoms with Crippen molar-refractivity contribution < 1.29 is 4.79 Å². The van der Waals surface area contributed by atoms with Crippen LogP contribution in [-0.4, -0.2) is 43.7 Å². The minimum atomic E-state index is 0.207. The molecule has 3 heterocycles. The number of hydrogen-bond acceptors (Lipinski definition) is 5. The first-order valence-electron chi connectivity index (χ1n) is 7.89. The summed E-state index contributed by atoms with van der Waals surface area (Å²) in [6.07, 6.45) is 3.45. The van der Waals surface area contributed by atoms with E-state index in [1.165, 1.54) is 22.9 Å². The van der Waals surface area contributed by atoms with E-state index in [-0.39, 0.29) is 5.91 Å². The van der Waals surface area contributed by atoms with E-state index >= 15 is 0 Å². The van der Waals surface area contributed by atoms with Crippen LogP contribution in [0.3, 0.4) is 0 Å². The van der Waals surface area contributed by atoms with Gasteiger partial charge in [0.15, 0.2) is 5.16 Å². The molecule has 1 aliphatic rings. The largest absolute Gasteiger partial charge is 0.339 e. The van der Waals surface area contributed by atoms with Crippen molar-refractivity contribution in [2.24, 2.45) is 0 Å². The Labute approximate surface area is 142 Å². The highest BCUT2D eigenvalue weighted by atomic mass is 32.2. The summed E-state index contributed by atoms with van der Waals surface area (Å²) in [5.74, 6) is 0.633. The third kappa shape index (κ3) is 2.72. The molecule has 1 aliphatic heterocycles. The number of carbonyl (C=O) groups excluding carboxylic acids is 1. The van der Waals surface area contributed by atoms with E-state index in [0.29, 0.717) is 11.8 Å². The Morgan fingerprint density at radius 2 is 2.22 bits per heavy atom. The molecule has 0 N–H and O–H groups in total. The van der Waals surface area contributed by atoms with Crippen LogP contribution in [0.4, 0.5) is 0 Å². The number of aromatic nitrogens is 3. The molecule has 7 heteroatoms. The van der Waals surface area contributed by atoms with Gasteiger partial charge in [0.25, 0.3) is 0 Å². The van der Waals surface area contributed by atoms with E-state index in [1.807, 2.05) is 17.0 Å². The van der Waals surface area contributed by atoms with Gasteiger partial charge in [-0.1, -0.05) is 35.2 Å². The predicted molar refractivity (Wildman–Crippen MR) is 94.1 cm³/mol. The zero-order valence-corrected chi connectivity index (χ0v) is 14.6. The van der Waals surface area contributed by atoms with Crippen LogP contribution in [0.2, 0.25) is 0 Å². The molecule has 1 amide bonds. The Bertz CT molecular complexity index is 856. The van der Waals surface area contributed by atoms with E-state index in [9.17, 15) is 4.79 Å². The SMILES string of the molecule is CC1CCCCN1C(=O)CSc1nnc2sc3ccccc3n12. The van der Waals surface area contributed by atoms with Gasteiger partial charge < -0.3 is 4.90 Å². The number of amides is 1. The lowest BCUT2D eigenvalue weighted by atomic mass is 10.0. The van der Waals surface area contributed by atoms with Crippen LogP contribution in [0.15, 0.2) is 29.4 Å². The highest BCUT2D eigenvalue weighted by molar-refractivity contribution is 7.99. The van der Waals surface area contributed by atoms with E-state index < -0.39 is 0 Å². The van der Waals surface area contributed by atoms with Crippen molar-refractivity contribution in [3.05, 3.63) is 24.3 Å². The number of fused-ring (bicyclic) bond motifs is 3. The zero-order chi connectivity index (χ0) is 15.8. The number of carbonyl (C=O) groups is 1. The van der Waals surface area contributed by atoms with Crippen molar-refractivity contribution in [3.8, 4) is 0 Å². The second kappa shape index (κ2) is 6.13. The summed E-state index contributed by atoms with van der Waals surface area (Å²) in [4.78, 5) is 15.4. The third-order valence-corrected chi connectivity index (χ3v) is 6.28. The van der Waals surface area contributed by atoms with Crippen molar-refractivity contribution >= 4 is 44.2 Å². The Hall–Kier alpha value is -1.60. The summed E-state index contributed by atoms with van der Waals surface area (Å²) >= 11 is 3.11. The molecule has 1 unspecified atom stereocenters. The lowest BCUT2D eigenvalue weighted by Gasteiger charge is -2.33. The molecule has 0 radical (unpaired) electrons. The number of thioether (sulfide) groups is 1. The predicted octanol–water partition coefficient (Wildman–Crippen LogP) is 3.44. The fourth-order valence-corrected chi connectivity index (χ4v) is 4.98. The van der Waals surface area contributed by atoms with Gasteiger partial charge in [-0.25, -0.2) is 0 Å². The Kier molecular flexibility index (Phi) is 3.98. The molecule has 120 valence electrons. The summed E-state index contributed by atoms with van der Waals surface area (Å²) < 4.78 is 3.24. The molecule has 3 aromatic rings. The van der Waals surface area contributed by atoms with E-state index in [0.717, 1.165) is 35.0 Å². The number of hydrogen-bond donors (Lipinski definition) is 0. The summed E-state index contributed by atoms with van der Waals surface area (Å²) in [7, 11) is 0. The first-order chi connectivity index (χ1) is 11.2. The molecule has 1 atom stereocenters. The maximum Gasteiger partial charge on any atom is 0.233 e. The Morgan fingerprint density at radius 3 is 3.09 bits per heavy atom. The second-order valence-corrected chi connectivity index (χ2v) is 7.84. The molecular weight excluding hydrogens is 328 g/mol. The van der Waals surface area contributed by atoms with Crippen LogP contribution in [0.5, 0.6) is 0 Å². The third-order valence-electron chi connectivity index (χ3n) is 4.36. The zero-order valence-electron chi connectivity index (χ0n) is 12.9. The Morgan fingerprint density at radius 1 is 1.35 bits per heavy atom. The molecule has 1 fully saturated rings. The lowest BCUT2D eigenvalue weighted by molar-refractivity contribution is -0.131. The van der Waals surface area contributed by atoms with E-state index in [2.05, 4.69) is 33.7 Å². The van der Waals surface area contributed by atoms with Crippen LogP contribution >= 0.6 is 23.1 Å². The second-order valence-electron chi connectivity index (χ2n) is 5.89. The molecular formula is C16H18N4OS2. The minimum Gasteiger partial charge on any atom is -0.339 e. The number of rotatable bonds is 3. The summed E-state index contributed by atoms with van der Waals surface area (Å²) in [5, 5.41) is 9.31. The molecule has 1 saturated heterocycles. The Balaban J connectivity index is 1.55. The molecule has 23 heavy (non-hydrogen) atoms. The van der Waals surface area contributed by atoms with Gasteiger partial charge in [-0.3, -0.25) is 9.20 Å². The number of thiazole rings is 1. The average molecular weight is 346 g/mol. The molecule has 1 aromatic carbocycles. The summed E-state index contributed by atoms with van der Waals surface area (Å²) in [6, 6.07) is 8.56. The van der Waals surface area contributed by atoms with E-state index in [4.69, 9.17) is 0 Å². The van der Waals surface area contributed by atoms with Gasteiger partial charge in [-0.15, -0.1) is 10.2 Å². The highest BCUT2D eigenvalue weighted by Gasteiger charge is 2.23. The normalized spacial score (nSPS) is 18.8. The monoisotopic (exact) mass is 346 g/mol. The first-order valence-corrected chi connectivity index (χ1v) is 9.69. The maximum atomic E-state index is 12.5. The van der Waals surface area contributed by atoms with Crippen LogP contribution in [-0.2, 0) is 4.79 Å². The van der Waals surface area contributed by atoms with E-state index in [1.54, 1.807) is 11.3 Å². The fourth-order valence-electron chi connectivity index (χ4n) is 3.13. The first kappa shape index (κ1) is 15.0. The average Bonchev–Trinajstić information content (AvgIpc) is 3.12. The van der Waals surface area contributed by atoms with Gasteiger partial charge in [-0.2, -0.15) is 0 Å². The van der Waals surface area contributed by atoms with Gasteiger partial charge in [0.1, 0.15) is 0 Å². The van der Waals surface area contributed by atoms with Crippen LogP contribution in [0.1, 0.15) is 26.2 Å². The van der Waals surface area contributed by atoms with Crippen molar-refractivity contribution in [1.82, 2.24) is 19.5 Å². The van der Waals surface area contributed by atoms with Crippen molar-refractivity contribution in [2.45, 2.75) is 37.4 Å². The van der Waals surface area contributed by atoms with Crippen LogP contribution in [0, 0.1) is 0 Å². The fraction of sp³-hybridized carbons (Fsp3) is 0.438. The van der Waals surface area contributed by atoms with Crippen molar-refractivity contribution in [2.75, 3.05) is 12.3 Å². The van der Waals surface area contributed by atoms with Crippen molar-refractivity contribution in [1.29, 1.82) is 0 Å². The maximum absolute atomic E-state index is 12.5. The van der Waals surface area contributed by atoms with Crippen LogP contribution in [0.25, 0.3) is 15.2 Å².